The number of hydrogen-bond donors (Lipinski definition) is 0. The molecule has 0 bridgehead atoms. The van der Waals surface area contributed by atoms with E-state index >= 15 is 0 Å². The van der Waals surface area contributed by atoms with E-state index in [-0.39, 0.29) is 17.5 Å². The second kappa shape index (κ2) is 5.03. The van der Waals surface area contributed by atoms with Crippen molar-refractivity contribution in [3.63, 3.8) is 0 Å². The SMILES string of the molecule is C=CC(=O)OC1CC(C(C)C)CCC1(C)C. The predicted octanol–water partition coefficient (Wildman–Crippen LogP) is 3.57. The van der Waals surface area contributed by atoms with Crippen molar-refractivity contribution in [3.8, 4) is 0 Å². The Morgan fingerprint density at radius 2 is 2.12 bits per heavy atom. The Bertz CT molecular complexity index is 266. The second-order valence-corrected chi connectivity index (χ2v) is 5.90. The topological polar surface area (TPSA) is 26.3 Å². The van der Waals surface area contributed by atoms with Crippen LogP contribution < -0.4 is 0 Å². The molecule has 0 saturated heterocycles. The van der Waals surface area contributed by atoms with Crippen LogP contribution >= 0.6 is 0 Å². The van der Waals surface area contributed by atoms with Gasteiger partial charge in [0.25, 0.3) is 0 Å². The summed E-state index contributed by atoms with van der Waals surface area (Å²) < 4.78 is 5.48. The molecular formula is C14H24O2. The molecule has 16 heavy (non-hydrogen) atoms. The van der Waals surface area contributed by atoms with Crippen molar-refractivity contribution in [3.05, 3.63) is 12.7 Å². The average molecular weight is 224 g/mol. The van der Waals surface area contributed by atoms with Crippen LogP contribution in [0.3, 0.4) is 0 Å². The molecule has 0 spiro atoms. The summed E-state index contributed by atoms with van der Waals surface area (Å²) in [6.45, 7) is 12.3. The number of esters is 1. The zero-order valence-corrected chi connectivity index (χ0v) is 11.0. The van der Waals surface area contributed by atoms with E-state index < -0.39 is 0 Å². The minimum Gasteiger partial charge on any atom is -0.459 e. The van der Waals surface area contributed by atoms with Crippen molar-refractivity contribution >= 4 is 5.97 Å². The van der Waals surface area contributed by atoms with Gasteiger partial charge < -0.3 is 4.74 Å². The highest BCUT2D eigenvalue weighted by molar-refractivity contribution is 5.81. The maximum absolute atomic E-state index is 11.3. The lowest BCUT2D eigenvalue weighted by atomic mass is 9.68. The molecule has 2 unspecified atom stereocenters. The van der Waals surface area contributed by atoms with E-state index in [4.69, 9.17) is 4.74 Å². The van der Waals surface area contributed by atoms with Crippen molar-refractivity contribution in [2.45, 2.75) is 53.1 Å². The Morgan fingerprint density at radius 3 is 2.62 bits per heavy atom. The van der Waals surface area contributed by atoms with Gasteiger partial charge in [-0.2, -0.15) is 0 Å². The Balaban J connectivity index is 2.68. The molecule has 1 fully saturated rings. The van der Waals surface area contributed by atoms with Crippen molar-refractivity contribution in [2.75, 3.05) is 0 Å². The van der Waals surface area contributed by atoms with Gasteiger partial charge in [-0.05, 0) is 31.1 Å². The summed E-state index contributed by atoms with van der Waals surface area (Å²) in [5.41, 5.74) is 0.101. The molecule has 0 amide bonds. The van der Waals surface area contributed by atoms with Crippen LogP contribution in [0.25, 0.3) is 0 Å². The highest BCUT2D eigenvalue weighted by Crippen LogP contribution is 2.42. The van der Waals surface area contributed by atoms with Gasteiger partial charge >= 0.3 is 5.97 Å². The van der Waals surface area contributed by atoms with Gasteiger partial charge in [-0.1, -0.05) is 34.3 Å². The number of ether oxygens (including phenoxy) is 1. The van der Waals surface area contributed by atoms with Crippen molar-refractivity contribution in [1.29, 1.82) is 0 Å². The Hall–Kier alpha value is -0.790. The van der Waals surface area contributed by atoms with E-state index in [1.807, 2.05) is 0 Å². The minimum absolute atomic E-state index is 0.0409. The molecular weight excluding hydrogens is 200 g/mol. The highest BCUT2D eigenvalue weighted by atomic mass is 16.5. The summed E-state index contributed by atoms with van der Waals surface area (Å²) in [4.78, 5) is 11.3. The minimum atomic E-state index is -0.289. The molecule has 2 nitrogen and oxygen atoms in total. The Labute approximate surface area is 99.1 Å². The molecule has 0 radical (unpaired) electrons. The number of rotatable bonds is 3. The van der Waals surface area contributed by atoms with E-state index in [9.17, 15) is 4.79 Å². The van der Waals surface area contributed by atoms with E-state index in [0.29, 0.717) is 11.8 Å². The summed E-state index contributed by atoms with van der Waals surface area (Å²) in [6.07, 6.45) is 4.66. The van der Waals surface area contributed by atoms with E-state index in [1.165, 1.54) is 12.5 Å². The zero-order valence-electron chi connectivity index (χ0n) is 11.0. The van der Waals surface area contributed by atoms with Gasteiger partial charge in [0.05, 0.1) is 0 Å². The molecule has 2 heteroatoms. The van der Waals surface area contributed by atoms with Gasteiger partial charge in [0.2, 0.25) is 0 Å². The van der Waals surface area contributed by atoms with Crippen molar-refractivity contribution < 1.29 is 9.53 Å². The first-order chi connectivity index (χ1) is 7.36. The van der Waals surface area contributed by atoms with Crippen LogP contribution in [-0.4, -0.2) is 12.1 Å². The molecule has 0 aliphatic heterocycles. The molecule has 0 N–H and O–H groups in total. The van der Waals surface area contributed by atoms with Crippen LogP contribution in [0.15, 0.2) is 12.7 Å². The normalized spacial score (nSPS) is 28.8. The fourth-order valence-electron chi connectivity index (χ4n) is 2.43. The quantitative estimate of drug-likeness (QED) is 0.541. The maximum atomic E-state index is 11.3. The first kappa shape index (κ1) is 13.3. The van der Waals surface area contributed by atoms with Gasteiger partial charge in [-0.3, -0.25) is 0 Å². The lowest BCUT2D eigenvalue weighted by Crippen LogP contribution is -2.40. The largest absolute Gasteiger partial charge is 0.459 e. The molecule has 0 heterocycles. The van der Waals surface area contributed by atoms with Crippen LogP contribution in [0.1, 0.15) is 47.0 Å². The molecule has 1 aliphatic carbocycles. The van der Waals surface area contributed by atoms with Gasteiger partial charge in [0.15, 0.2) is 0 Å². The van der Waals surface area contributed by atoms with Gasteiger partial charge in [0, 0.05) is 11.5 Å². The number of carbonyl (C=O) groups is 1. The first-order valence-electron chi connectivity index (χ1n) is 6.20. The van der Waals surface area contributed by atoms with Crippen LogP contribution in [0.5, 0.6) is 0 Å². The third-order valence-electron chi connectivity index (χ3n) is 3.92. The lowest BCUT2D eigenvalue weighted by molar-refractivity contribution is -0.154. The van der Waals surface area contributed by atoms with E-state index in [1.54, 1.807) is 0 Å². The molecule has 0 aromatic rings. The predicted molar refractivity (Wildman–Crippen MR) is 66.0 cm³/mol. The smallest absolute Gasteiger partial charge is 0.330 e. The van der Waals surface area contributed by atoms with Crippen LogP contribution in [0.2, 0.25) is 0 Å². The van der Waals surface area contributed by atoms with Crippen LogP contribution in [0, 0.1) is 17.3 Å². The molecule has 92 valence electrons. The molecule has 1 saturated carbocycles. The van der Waals surface area contributed by atoms with Gasteiger partial charge in [-0.15, -0.1) is 0 Å². The third kappa shape index (κ3) is 3.10. The summed E-state index contributed by atoms with van der Waals surface area (Å²) in [7, 11) is 0. The van der Waals surface area contributed by atoms with Crippen molar-refractivity contribution in [1.82, 2.24) is 0 Å². The van der Waals surface area contributed by atoms with Gasteiger partial charge in [-0.25, -0.2) is 4.79 Å². The molecule has 0 aromatic carbocycles. The van der Waals surface area contributed by atoms with E-state index in [2.05, 4.69) is 34.3 Å². The molecule has 0 aromatic heterocycles. The Kier molecular flexibility index (Phi) is 4.17. The maximum Gasteiger partial charge on any atom is 0.330 e. The van der Waals surface area contributed by atoms with Crippen LogP contribution in [0.4, 0.5) is 0 Å². The summed E-state index contributed by atoms with van der Waals surface area (Å²) in [5, 5.41) is 0. The second-order valence-electron chi connectivity index (χ2n) is 5.90. The summed E-state index contributed by atoms with van der Waals surface area (Å²) in [6, 6.07) is 0. The summed E-state index contributed by atoms with van der Waals surface area (Å²) in [5.74, 6) is 1.05. The monoisotopic (exact) mass is 224 g/mol. The first-order valence-corrected chi connectivity index (χ1v) is 6.20. The number of hydrogen-bond acceptors (Lipinski definition) is 2. The molecule has 2 atom stereocenters. The highest BCUT2D eigenvalue weighted by Gasteiger charge is 2.39. The number of carbonyl (C=O) groups excluding carboxylic acids is 1. The summed E-state index contributed by atoms with van der Waals surface area (Å²) >= 11 is 0. The molecule has 1 aliphatic rings. The van der Waals surface area contributed by atoms with Gasteiger partial charge in [0.1, 0.15) is 6.10 Å². The average Bonchev–Trinajstić information content (AvgIpc) is 2.20. The van der Waals surface area contributed by atoms with Crippen LogP contribution in [-0.2, 0) is 9.53 Å². The fourth-order valence-corrected chi connectivity index (χ4v) is 2.43. The third-order valence-corrected chi connectivity index (χ3v) is 3.92. The fraction of sp³-hybridized carbons (Fsp3) is 0.786. The Morgan fingerprint density at radius 1 is 1.50 bits per heavy atom. The lowest BCUT2D eigenvalue weighted by Gasteiger charge is -2.42. The molecule has 1 rings (SSSR count). The standard InChI is InChI=1S/C14H24O2/c1-6-13(15)16-12-9-11(10(2)3)7-8-14(12,4)5/h6,10-12H,1,7-9H2,2-5H3. The zero-order chi connectivity index (χ0) is 12.3. The van der Waals surface area contributed by atoms with E-state index in [0.717, 1.165) is 12.8 Å². The van der Waals surface area contributed by atoms with Crippen molar-refractivity contribution in [2.24, 2.45) is 17.3 Å².